The Labute approximate surface area is 113 Å². The molecule has 0 radical (unpaired) electrons. The van der Waals surface area contributed by atoms with Gasteiger partial charge in [-0.25, -0.2) is 0 Å². The van der Waals surface area contributed by atoms with E-state index in [9.17, 15) is 13.2 Å². The molecule has 2 nitrogen and oxygen atoms in total. The van der Waals surface area contributed by atoms with Crippen molar-refractivity contribution in [2.75, 3.05) is 11.9 Å². The zero-order valence-electron chi connectivity index (χ0n) is 9.71. The Morgan fingerprint density at radius 1 is 1.11 bits per heavy atom. The first-order chi connectivity index (χ1) is 8.97. The van der Waals surface area contributed by atoms with Gasteiger partial charge in [0, 0.05) is 22.3 Å². The molecule has 0 bridgehead atoms. The van der Waals surface area contributed by atoms with Crippen LogP contribution in [0.3, 0.4) is 0 Å². The van der Waals surface area contributed by atoms with Gasteiger partial charge in [-0.3, -0.25) is 4.98 Å². The number of hydrogen-bond donors (Lipinski definition) is 1. The number of rotatable bonds is 3. The molecule has 100 valence electrons. The molecule has 1 aromatic carbocycles. The lowest BCUT2D eigenvalue weighted by Gasteiger charge is -2.14. The number of pyridine rings is 1. The van der Waals surface area contributed by atoms with Crippen LogP contribution in [0, 0.1) is 0 Å². The summed E-state index contributed by atoms with van der Waals surface area (Å²) in [4.78, 5) is 3.83. The summed E-state index contributed by atoms with van der Waals surface area (Å²) in [7, 11) is 0. The molecule has 0 atom stereocenters. The molecule has 0 fully saturated rings. The fourth-order valence-corrected chi connectivity index (χ4v) is 1.88. The topological polar surface area (TPSA) is 24.9 Å². The first-order valence-corrected chi connectivity index (χ1v) is 5.85. The number of anilines is 1. The van der Waals surface area contributed by atoms with Crippen LogP contribution in [0.5, 0.6) is 0 Å². The molecule has 6 heteroatoms. The number of hydrogen-bond acceptors (Lipinski definition) is 2. The van der Waals surface area contributed by atoms with Gasteiger partial charge in [-0.2, -0.15) is 13.2 Å². The van der Waals surface area contributed by atoms with Gasteiger partial charge >= 0.3 is 6.18 Å². The van der Waals surface area contributed by atoms with Gasteiger partial charge in [0.2, 0.25) is 0 Å². The highest BCUT2D eigenvalue weighted by atomic mass is 35.5. The zero-order chi connectivity index (χ0) is 13.9. The number of halogens is 4. The van der Waals surface area contributed by atoms with Crippen molar-refractivity contribution in [1.29, 1.82) is 0 Å². The minimum Gasteiger partial charge on any atom is -0.375 e. The molecule has 0 spiro atoms. The predicted molar refractivity (Wildman–Crippen MR) is 69.2 cm³/mol. The normalized spacial score (nSPS) is 11.4. The van der Waals surface area contributed by atoms with Crippen LogP contribution in [0.4, 0.5) is 18.9 Å². The van der Waals surface area contributed by atoms with Crippen molar-refractivity contribution < 1.29 is 13.2 Å². The third-order valence-electron chi connectivity index (χ3n) is 2.46. The van der Waals surface area contributed by atoms with Gasteiger partial charge in [0.25, 0.3) is 0 Å². The van der Waals surface area contributed by atoms with E-state index in [2.05, 4.69) is 10.3 Å². The second-order valence-corrected chi connectivity index (χ2v) is 4.28. The Morgan fingerprint density at radius 3 is 2.53 bits per heavy atom. The first kappa shape index (κ1) is 13.7. The summed E-state index contributed by atoms with van der Waals surface area (Å²) in [6, 6.07) is 8.59. The smallest absolute Gasteiger partial charge is 0.375 e. The lowest BCUT2D eigenvalue weighted by Crippen LogP contribution is -2.21. The summed E-state index contributed by atoms with van der Waals surface area (Å²) >= 11 is 6.05. The molecule has 0 aliphatic carbocycles. The monoisotopic (exact) mass is 286 g/mol. The lowest BCUT2D eigenvalue weighted by molar-refractivity contribution is -0.115. The van der Waals surface area contributed by atoms with Crippen LogP contribution in [-0.2, 0) is 0 Å². The van der Waals surface area contributed by atoms with Crippen molar-refractivity contribution in [2.45, 2.75) is 6.18 Å². The van der Waals surface area contributed by atoms with E-state index in [4.69, 9.17) is 11.6 Å². The average molecular weight is 287 g/mol. The SMILES string of the molecule is FC(F)(F)CNc1cnccc1-c1ccccc1Cl. The molecule has 1 heterocycles. The van der Waals surface area contributed by atoms with E-state index >= 15 is 0 Å². The number of alkyl halides is 3. The van der Waals surface area contributed by atoms with Gasteiger partial charge in [0.1, 0.15) is 6.54 Å². The van der Waals surface area contributed by atoms with Crippen LogP contribution >= 0.6 is 11.6 Å². The molecule has 0 aliphatic rings. The molecular weight excluding hydrogens is 277 g/mol. The van der Waals surface area contributed by atoms with Crippen molar-refractivity contribution >= 4 is 17.3 Å². The molecule has 19 heavy (non-hydrogen) atoms. The second-order valence-electron chi connectivity index (χ2n) is 3.87. The zero-order valence-corrected chi connectivity index (χ0v) is 10.5. The van der Waals surface area contributed by atoms with E-state index in [1.807, 2.05) is 0 Å². The maximum atomic E-state index is 12.2. The summed E-state index contributed by atoms with van der Waals surface area (Å²) in [6.07, 6.45) is -1.42. The third-order valence-corrected chi connectivity index (χ3v) is 2.79. The van der Waals surface area contributed by atoms with E-state index in [1.54, 1.807) is 30.3 Å². The maximum absolute atomic E-state index is 12.2. The summed E-state index contributed by atoms with van der Waals surface area (Å²) in [5.74, 6) is 0. The van der Waals surface area contributed by atoms with Crippen LogP contribution < -0.4 is 5.32 Å². The molecular formula is C13H10ClF3N2. The lowest BCUT2D eigenvalue weighted by atomic mass is 10.1. The van der Waals surface area contributed by atoms with Crippen molar-refractivity contribution in [2.24, 2.45) is 0 Å². The van der Waals surface area contributed by atoms with E-state index in [-0.39, 0.29) is 0 Å². The summed E-state index contributed by atoms with van der Waals surface area (Å²) in [5, 5.41) is 2.81. The van der Waals surface area contributed by atoms with Gasteiger partial charge in [0.15, 0.2) is 0 Å². The highest BCUT2D eigenvalue weighted by molar-refractivity contribution is 6.33. The third kappa shape index (κ3) is 3.61. The molecule has 0 saturated heterocycles. The number of benzene rings is 1. The van der Waals surface area contributed by atoms with E-state index < -0.39 is 12.7 Å². The Hall–Kier alpha value is -1.75. The predicted octanol–water partition coefficient (Wildman–Crippen LogP) is 4.38. The Bertz CT molecular complexity index is 570. The van der Waals surface area contributed by atoms with E-state index in [1.165, 1.54) is 12.4 Å². The molecule has 0 amide bonds. The molecule has 2 aromatic rings. The maximum Gasteiger partial charge on any atom is 0.405 e. The summed E-state index contributed by atoms with van der Waals surface area (Å²) in [5.41, 5.74) is 1.55. The van der Waals surface area contributed by atoms with Crippen molar-refractivity contribution in [3.05, 3.63) is 47.7 Å². The average Bonchev–Trinajstić information content (AvgIpc) is 2.37. The number of aromatic nitrogens is 1. The molecule has 2 rings (SSSR count). The minimum atomic E-state index is -4.28. The Balaban J connectivity index is 2.34. The number of nitrogens with zero attached hydrogens (tertiary/aromatic N) is 1. The second kappa shape index (κ2) is 5.48. The van der Waals surface area contributed by atoms with Crippen molar-refractivity contribution in [3.63, 3.8) is 0 Å². The van der Waals surface area contributed by atoms with Crippen LogP contribution in [-0.4, -0.2) is 17.7 Å². The minimum absolute atomic E-state index is 0.299. The van der Waals surface area contributed by atoms with Gasteiger partial charge in [-0.1, -0.05) is 29.8 Å². The van der Waals surface area contributed by atoms with Crippen LogP contribution in [0.1, 0.15) is 0 Å². The fraction of sp³-hybridized carbons (Fsp3) is 0.154. The molecule has 1 N–H and O–H groups in total. The number of nitrogens with one attached hydrogen (secondary N) is 1. The summed E-state index contributed by atoms with van der Waals surface area (Å²) < 4.78 is 36.7. The van der Waals surface area contributed by atoms with Crippen LogP contribution in [0.25, 0.3) is 11.1 Å². The Kier molecular flexibility index (Phi) is 3.95. The largest absolute Gasteiger partial charge is 0.405 e. The quantitative estimate of drug-likeness (QED) is 0.906. The molecule has 0 aliphatic heterocycles. The van der Waals surface area contributed by atoms with E-state index in [0.717, 1.165) is 0 Å². The Morgan fingerprint density at radius 2 is 1.84 bits per heavy atom. The molecule has 0 saturated carbocycles. The van der Waals surface area contributed by atoms with Gasteiger partial charge in [-0.05, 0) is 12.1 Å². The van der Waals surface area contributed by atoms with Crippen LogP contribution in [0.2, 0.25) is 5.02 Å². The van der Waals surface area contributed by atoms with E-state index in [0.29, 0.717) is 21.8 Å². The standard InChI is InChI=1S/C13H10ClF3N2/c14-11-4-2-1-3-9(11)10-5-6-18-7-12(10)19-8-13(15,16)17/h1-7,19H,8H2. The highest BCUT2D eigenvalue weighted by Gasteiger charge is 2.27. The highest BCUT2D eigenvalue weighted by Crippen LogP contribution is 2.33. The molecule has 0 unspecified atom stereocenters. The van der Waals surface area contributed by atoms with Gasteiger partial charge in [0.05, 0.1) is 11.9 Å². The fourth-order valence-electron chi connectivity index (χ4n) is 1.65. The van der Waals surface area contributed by atoms with Gasteiger partial charge < -0.3 is 5.32 Å². The van der Waals surface area contributed by atoms with Gasteiger partial charge in [-0.15, -0.1) is 0 Å². The van der Waals surface area contributed by atoms with Crippen molar-refractivity contribution in [3.8, 4) is 11.1 Å². The molecule has 1 aromatic heterocycles. The van der Waals surface area contributed by atoms with Crippen molar-refractivity contribution in [1.82, 2.24) is 4.98 Å². The van der Waals surface area contributed by atoms with Crippen LogP contribution in [0.15, 0.2) is 42.7 Å². The summed E-state index contributed by atoms with van der Waals surface area (Å²) in [6.45, 7) is -1.11. The first-order valence-electron chi connectivity index (χ1n) is 5.47.